The minimum absolute atomic E-state index is 0.0109. The van der Waals surface area contributed by atoms with Crippen LogP contribution in [0.1, 0.15) is 35.5 Å². The van der Waals surface area contributed by atoms with Crippen LogP contribution in [0.15, 0.2) is 53.9 Å². The summed E-state index contributed by atoms with van der Waals surface area (Å²) in [5.74, 6) is 0.399. The Bertz CT molecular complexity index is 1010. The summed E-state index contributed by atoms with van der Waals surface area (Å²) >= 11 is 1.36. The summed E-state index contributed by atoms with van der Waals surface area (Å²) in [5, 5.41) is 2.40. The van der Waals surface area contributed by atoms with Gasteiger partial charge in [0.05, 0.1) is 5.56 Å². The first-order valence-electron chi connectivity index (χ1n) is 9.46. The van der Waals surface area contributed by atoms with E-state index < -0.39 is 11.7 Å². The van der Waals surface area contributed by atoms with Crippen molar-refractivity contribution in [2.45, 2.75) is 26.6 Å². The van der Waals surface area contributed by atoms with E-state index in [9.17, 15) is 18.0 Å². The summed E-state index contributed by atoms with van der Waals surface area (Å²) in [6.45, 7) is 5.07. The number of amides is 1. The SMILES string of the molecule is CCN(CC)C(=O)c1csc(-c2cccc(OCc3cccc(C(F)(F)F)c3)c2)n1. The first-order chi connectivity index (χ1) is 14.3. The topological polar surface area (TPSA) is 42.4 Å². The fourth-order valence-corrected chi connectivity index (χ4v) is 3.69. The van der Waals surface area contributed by atoms with Gasteiger partial charge in [-0.3, -0.25) is 4.79 Å². The van der Waals surface area contributed by atoms with Gasteiger partial charge in [0.25, 0.3) is 5.91 Å². The summed E-state index contributed by atoms with van der Waals surface area (Å²) < 4.78 is 44.2. The molecule has 4 nitrogen and oxygen atoms in total. The number of carbonyl (C=O) groups is 1. The maximum Gasteiger partial charge on any atom is 0.416 e. The van der Waals surface area contributed by atoms with Crippen LogP contribution in [0, 0.1) is 0 Å². The normalized spacial score (nSPS) is 11.4. The molecule has 8 heteroatoms. The molecule has 1 aromatic heterocycles. The van der Waals surface area contributed by atoms with Crippen molar-refractivity contribution in [3.05, 3.63) is 70.7 Å². The molecule has 0 aliphatic heterocycles. The van der Waals surface area contributed by atoms with E-state index in [4.69, 9.17) is 4.74 Å². The molecule has 0 fully saturated rings. The molecule has 0 saturated carbocycles. The summed E-state index contributed by atoms with van der Waals surface area (Å²) in [5.41, 5.74) is 0.899. The highest BCUT2D eigenvalue weighted by Crippen LogP contribution is 2.30. The monoisotopic (exact) mass is 434 g/mol. The fraction of sp³-hybridized carbons (Fsp3) is 0.273. The van der Waals surface area contributed by atoms with Gasteiger partial charge in [-0.05, 0) is 43.7 Å². The highest BCUT2D eigenvalue weighted by atomic mass is 32.1. The molecule has 0 N–H and O–H groups in total. The average Bonchev–Trinajstić information content (AvgIpc) is 3.23. The molecule has 1 amide bonds. The molecule has 3 aromatic rings. The smallest absolute Gasteiger partial charge is 0.416 e. The molecule has 2 aromatic carbocycles. The molecule has 0 saturated heterocycles. The maximum absolute atomic E-state index is 12.9. The van der Waals surface area contributed by atoms with Crippen molar-refractivity contribution < 1.29 is 22.7 Å². The van der Waals surface area contributed by atoms with E-state index in [1.54, 1.807) is 34.5 Å². The largest absolute Gasteiger partial charge is 0.489 e. The average molecular weight is 434 g/mol. The van der Waals surface area contributed by atoms with Crippen LogP contribution in [0.2, 0.25) is 0 Å². The second kappa shape index (κ2) is 9.30. The van der Waals surface area contributed by atoms with Crippen molar-refractivity contribution in [3.63, 3.8) is 0 Å². The minimum atomic E-state index is -4.39. The third-order valence-corrected chi connectivity index (χ3v) is 5.41. The molecule has 1 heterocycles. The standard InChI is InChI=1S/C22H21F3N2O2S/c1-3-27(4-2)21(28)19-14-30-20(26-19)16-8-6-10-18(12-16)29-13-15-7-5-9-17(11-15)22(23,24)25/h5-12,14H,3-4,13H2,1-2H3. The van der Waals surface area contributed by atoms with Gasteiger partial charge in [-0.25, -0.2) is 4.98 Å². The predicted octanol–water partition coefficient (Wildman–Crippen LogP) is 5.89. The van der Waals surface area contributed by atoms with Crippen molar-refractivity contribution in [1.29, 1.82) is 0 Å². The maximum atomic E-state index is 12.9. The Labute approximate surface area is 176 Å². The van der Waals surface area contributed by atoms with E-state index in [2.05, 4.69) is 4.98 Å². The molecule has 0 atom stereocenters. The Morgan fingerprint density at radius 1 is 1.10 bits per heavy atom. The summed E-state index contributed by atoms with van der Waals surface area (Å²) in [6, 6.07) is 12.2. The molecule has 0 spiro atoms. The third-order valence-electron chi connectivity index (χ3n) is 4.51. The molecule has 30 heavy (non-hydrogen) atoms. The van der Waals surface area contributed by atoms with E-state index in [1.807, 2.05) is 19.9 Å². The third kappa shape index (κ3) is 5.18. The van der Waals surface area contributed by atoms with Crippen LogP contribution in [0.4, 0.5) is 13.2 Å². The highest BCUT2D eigenvalue weighted by molar-refractivity contribution is 7.13. The lowest BCUT2D eigenvalue weighted by molar-refractivity contribution is -0.137. The van der Waals surface area contributed by atoms with Gasteiger partial charge in [-0.15, -0.1) is 11.3 Å². The predicted molar refractivity (Wildman–Crippen MR) is 111 cm³/mol. The number of alkyl halides is 3. The van der Waals surface area contributed by atoms with Crippen molar-refractivity contribution >= 4 is 17.2 Å². The van der Waals surface area contributed by atoms with Gasteiger partial charge in [-0.2, -0.15) is 13.2 Å². The Morgan fingerprint density at radius 2 is 1.83 bits per heavy atom. The molecular formula is C22H21F3N2O2S. The van der Waals surface area contributed by atoms with Crippen LogP contribution in [-0.4, -0.2) is 28.9 Å². The number of nitrogens with zero attached hydrogens (tertiary/aromatic N) is 2. The lowest BCUT2D eigenvalue weighted by Crippen LogP contribution is -2.30. The number of thiazole rings is 1. The number of hydrogen-bond donors (Lipinski definition) is 0. The lowest BCUT2D eigenvalue weighted by Gasteiger charge is -2.16. The first kappa shape index (κ1) is 21.8. The minimum Gasteiger partial charge on any atom is -0.489 e. The van der Waals surface area contributed by atoms with Crippen molar-refractivity contribution in [2.24, 2.45) is 0 Å². The van der Waals surface area contributed by atoms with Gasteiger partial charge in [0, 0.05) is 24.0 Å². The van der Waals surface area contributed by atoms with E-state index >= 15 is 0 Å². The van der Waals surface area contributed by atoms with Crippen molar-refractivity contribution in [2.75, 3.05) is 13.1 Å². The summed E-state index contributed by atoms with van der Waals surface area (Å²) in [7, 11) is 0. The number of ether oxygens (including phenoxy) is 1. The van der Waals surface area contributed by atoms with Crippen molar-refractivity contribution in [3.8, 4) is 16.3 Å². The Kier molecular flexibility index (Phi) is 6.77. The van der Waals surface area contributed by atoms with Crippen LogP contribution in [-0.2, 0) is 12.8 Å². The zero-order valence-corrected chi connectivity index (χ0v) is 17.4. The number of carbonyl (C=O) groups excluding carboxylic acids is 1. The summed E-state index contributed by atoms with van der Waals surface area (Å²) in [6.07, 6.45) is -4.39. The number of hydrogen-bond acceptors (Lipinski definition) is 4. The van der Waals surface area contributed by atoms with Gasteiger partial charge in [-0.1, -0.05) is 24.3 Å². The van der Waals surface area contributed by atoms with Crippen LogP contribution < -0.4 is 4.74 Å². The van der Waals surface area contributed by atoms with Crippen LogP contribution in [0.3, 0.4) is 0 Å². The lowest BCUT2D eigenvalue weighted by atomic mass is 10.1. The first-order valence-corrected chi connectivity index (χ1v) is 10.3. The molecule has 0 bridgehead atoms. The van der Waals surface area contributed by atoms with Gasteiger partial charge >= 0.3 is 6.18 Å². The van der Waals surface area contributed by atoms with E-state index in [0.29, 0.717) is 35.1 Å². The van der Waals surface area contributed by atoms with Crippen LogP contribution in [0.5, 0.6) is 5.75 Å². The van der Waals surface area contributed by atoms with Gasteiger partial charge < -0.3 is 9.64 Å². The van der Waals surface area contributed by atoms with Crippen LogP contribution in [0.25, 0.3) is 10.6 Å². The molecular weight excluding hydrogens is 413 g/mol. The van der Waals surface area contributed by atoms with E-state index in [-0.39, 0.29) is 12.5 Å². The Hall–Kier alpha value is -2.87. The van der Waals surface area contributed by atoms with Gasteiger partial charge in [0.2, 0.25) is 0 Å². The number of halogens is 3. The van der Waals surface area contributed by atoms with Crippen molar-refractivity contribution in [1.82, 2.24) is 9.88 Å². The molecule has 3 rings (SSSR count). The van der Waals surface area contributed by atoms with E-state index in [0.717, 1.165) is 17.7 Å². The van der Waals surface area contributed by atoms with Gasteiger partial charge in [0.1, 0.15) is 23.1 Å². The van der Waals surface area contributed by atoms with Gasteiger partial charge in [0.15, 0.2) is 0 Å². The fourth-order valence-electron chi connectivity index (χ4n) is 2.90. The zero-order chi connectivity index (χ0) is 21.7. The molecule has 158 valence electrons. The second-order valence-corrected chi connectivity index (χ2v) is 7.39. The van der Waals surface area contributed by atoms with Crippen LogP contribution >= 0.6 is 11.3 Å². The number of rotatable bonds is 7. The summed E-state index contributed by atoms with van der Waals surface area (Å²) in [4.78, 5) is 18.6. The molecule has 0 radical (unpaired) electrons. The molecule has 0 aliphatic carbocycles. The Morgan fingerprint density at radius 3 is 2.53 bits per heavy atom. The quantitative estimate of drug-likeness (QED) is 0.466. The van der Waals surface area contributed by atoms with E-state index in [1.165, 1.54) is 17.4 Å². The number of benzene rings is 2. The molecule has 0 unspecified atom stereocenters. The molecule has 0 aliphatic rings. The zero-order valence-electron chi connectivity index (χ0n) is 16.6. The Balaban J connectivity index is 1.72. The number of aromatic nitrogens is 1. The highest BCUT2D eigenvalue weighted by Gasteiger charge is 2.30. The second-order valence-electron chi connectivity index (χ2n) is 6.53.